The monoisotopic (exact) mass is 154 g/mol. The van der Waals surface area contributed by atoms with Crippen molar-refractivity contribution in [3.05, 3.63) is 24.3 Å². The zero-order valence-electron chi connectivity index (χ0n) is 7.04. The van der Waals surface area contributed by atoms with Crippen LogP contribution in [0.2, 0.25) is 0 Å². The molecule has 0 atom stereocenters. The highest BCUT2D eigenvalue weighted by atomic mass is 16.5. The third-order valence-electron chi connectivity index (χ3n) is 1.05. The lowest BCUT2D eigenvalue weighted by Crippen LogP contribution is -1.98. The van der Waals surface area contributed by atoms with Gasteiger partial charge in [0.2, 0.25) is 0 Å². The first-order valence-electron chi connectivity index (χ1n) is 3.75. The molecule has 0 aliphatic rings. The van der Waals surface area contributed by atoms with Crippen LogP contribution in [0.15, 0.2) is 24.3 Å². The van der Waals surface area contributed by atoms with Gasteiger partial charge in [-0.3, -0.25) is 0 Å². The first kappa shape index (κ1) is 9.95. The van der Waals surface area contributed by atoms with Crippen LogP contribution in [0.3, 0.4) is 0 Å². The van der Waals surface area contributed by atoms with E-state index < -0.39 is 0 Å². The number of ether oxygens (including phenoxy) is 1. The predicted octanol–water partition coefficient (Wildman–Crippen LogP) is 2.07. The molecule has 2 nitrogen and oxygen atoms in total. The van der Waals surface area contributed by atoms with Gasteiger partial charge in [-0.2, -0.15) is 0 Å². The smallest absolute Gasteiger partial charge is 0.330 e. The molecule has 0 aliphatic heterocycles. The van der Waals surface area contributed by atoms with Crippen molar-refractivity contribution in [1.82, 2.24) is 0 Å². The molecule has 62 valence electrons. The quantitative estimate of drug-likeness (QED) is 0.352. The number of hydrogen-bond donors (Lipinski definition) is 0. The van der Waals surface area contributed by atoms with Gasteiger partial charge in [0.25, 0.3) is 0 Å². The van der Waals surface area contributed by atoms with Crippen LogP contribution >= 0.6 is 0 Å². The molecule has 0 bridgehead atoms. The van der Waals surface area contributed by atoms with Crippen LogP contribution in [0.25, 0.3) is 0 Å². The first-order chi connectivity index (χ1) is 5.31. The maximum absolute atomic E-state index is 10.7. The van der Waals surface area contributed by atoms with Crippen LogP contribution in [-0.2, 0) is 9.53 Å². The fourth-order valence-electron chi connectivity index (χ4n) is 0.569. The molecule has 0 saturated carbocycles. The second kappa shape index (κ2) is 7.06. The Hall–Kier alpha value is -1.05. The van der Waals surface area contributed by atoms with Crippen molar-refractivity contribution in [2.75, 3.05) is 6.61 Å². The van der Waals surface area contributed by atoms with E-state index in [0.29, 0.717) is 6.61 Å². The van der Waals surface area contributed by atoms with E-state index in [-0.39, 0.29) is 5.97 Å². The Labute approximate surface area is 67.6 Å². The summed E-state index contributed by atoms with van der Waals surface area (Å²) in [5, 5.41) is 0. The van der Waals surface area contributed by atoms with Crippen molar-refractivity contribution in [3.63, 3.8) is 0 Å². The van der Waals surface area contributed by atoms with Crippen molar-refractivity contribution in [1.29, 1.82) is 0 Å². The zero-order chi connectivity index (χ0) is 8.53. The summed E-state index contributed by atoms with van der Waals surface area (Å²) in [6.07, 6.45) is 7.92. The van der Waals surface area contributed by atoms with Crippen LogP contribution in [0.1, 0.15) is 20.3 Å². The molecule has 0 amide bonds. The van der Waals surface area contributed by atoms with E-state index >= 15 is 0 Å². The molecule has 0 aromatic rings. The Morgan fingerprint density at radius 1 is 1.45 bits per heavy atom. The minimum atomic E-state index is -0.267. The third-order valence-corrected chi connectivity index (χ3v) is 1.05. The van der Waals surface area contributed by atoms with Gasteiger partial charge < -0.3 is 4.74 Å². The van der Waals surface area contributed by atoms with E-state index in [9.17, 15) is 4.79 Å². The maximum Gasteiger partial charge on any atom is 0.330 e. The summed E-state index contributed by atoms with van der Waals surface area (Å²) in [4.78, 5) is 10.7. The van der Waals surface area contributed by atoms with Gasteiger partial charge in [0.05, 0.1) is 6.61 Å². The molecule has 0 aromatic heterocycles. The van der Waals surface area contributed by atoms with Crippen LogP contribution in [0.5, 0.6) is 0 Å². The molecule has 0 aliphatic carbocycles. The lowest BCUT2D eigenvalue weighted by atomic mass is 10.3. The fraction of sp³-hybridized carbons (Fsp3) is 0.444. The van der Waals surface area contributed by atoms with E-state index in [0.717, 1.165) is 6.42 Å². The summed E-state index contributed by atoms with van der Waals surface area (Å²) in [6, 6.07) is 0. The Morgan fingerprint density at radius 2 is 2.18 bits per heavy atom. The molecule has 0 N–H and O–H groups in total. The van der Waals surface area contributed by atoms with Gasteiger partial charge >= 0.3 is 5.97 Å². The molecular formula is C9H14O2. The molecule has 0 rings (SSSR count). The lowest BCUT2D eigenvalue weighted by molar-refractivity contribution is -0.137. The van der Waals surface area contributed by atoms with Gasteiger partial charge in [-0.15, -0.1) is 0 Å². The van der Waals surface area contributed by atoms with E-state index in [2.05, 4.69) is 4.74 Å². The van der Waals surface area contributed by atoms with Crippen LogP contribution < -0.4 is 0 Å². The topological polar surface area (TPSA) is 26.3 Å². The molecule has 0 spiro atoms. The lowest BCUT2D eigenvalue weighted by Gasteiger charge is -1.92. The fourth-order valence-corrected chi connectivity index (χ4v) is 0.569. The number of esters is 1. The van der Waals surface area contributed by atoms with Gasteiger partial charge in [0.1, 0.15) is 0 Å². The van der Waals surface area contributed by atoms with E-state index in [1.165, 1.54) is 6.08 Å². The Kier molecular flexibility index (Phi) is 6.39. The SMILES string of the molecule is CC=CCC=CC(=O)OCC. The standard InChI is InChI=1S/C9H14O2/c1-3-5-6-7-8-9(10)11-4-2/h3,5,7-8H,4,6H2,1-2H3. The number of carbonyl (C=O) groups excluding carboxylic acids is 1. The van der Waals surface area contributed by atoms with Crippen molar-refractivity contribution >= 4 is 5.97 Å². The Bertz CT molecular complexity index is 157. The average molecular weight is 154 g/mol. The van der Waals surface area contributed by atoms with E-state index in [1.807, 2.05) is 19.1 Å². The number of carbonyl (C=O) groups is 1. The average Bonchev–Trinajstić information content (AvgIpc) is 1.99. The van der Waals surface area contributed by atoms with Crippen molar-refractivity contribution in [2.24, 2.45) is 0 Å². The van der Waals surface area contributed by atoms with Crippen LogP contribution in [-0.4, -0.2) is 12.6 Å². The maximum atomic E-state index is 10.7. The van der Waals surface area contributed by atoms with Gasteiger partial charge in [0.15, 0.2) is 0 Å². The predicted molar refractivity (Wildman–Crippen MR) is 45.2 cm³/mol. The largest absolute Gasteiger partial charge is 0.463 e. The molecule has 2 heteroatoms. The molecule has 11 heavy (non-hydrogen) atoms. The molecule has 0 heterocycles. The second-order valence-electron chi connectivity index (χ2n) is 1.96. The van der Waals surface area contributed by atoms with Gasteiger partial charge in [-0.05, 0) is 20.3 Å². The first-order valence-corrected chi connectivity index (χ1v) is 3.75. The molecule has 0 fully saturated rings. The minimum absolute atomic E-state index is 0.267. The van der Waals surface area contributed by atoms with Crippen molar-refractivity contribution in [2.45, 2.75) is 20.3 Å². The number of rotatable bonds is 4. The van der Waals surface area contributed by atoms with Crippen molar-refractivity contribution in [3.8, 4) is 0 Å². The minimum Gasteiger partial charge on any atom is -0.463 e. The summed E-state index contributed by atoms with van der Waals surface area (Å²) >= 11 is 0. The summed E-state index contributed by atoms with van der Waals surface area (Å²) in [5.41, 5.74) is 0. The van der Waals surface area contributed by atoms with E-state index in [1.54, 1.807) is 13.0 Å². The second-order valence-corrected chi connectivity index (χ2v) is 1.96. The Morgan fingerprint density at radius 3 is 2.73 bits per heavy atom. The molecule has 0 aromatic carbocycles. The molecular weight excluding hydrogens is 140 g/mol. The van der Waals surface area contributed by atoms with Gasteiger partial charge in [-0.25, -0.2) is 4.79 Å². The summed E-state index contributed by atoms with van der Waals surface area (Å²) in [6.45, 7) is 4.17. The highest BCUT2D eigenvalue weighted by molar-refractivity contribution is 5.81. The highest BCUT2D eigenvalue weighted by Crippen LogP contribution is 1.87. The zero-order valence-corrected chi connectivity index (χ0v) is 7.04. The summed E-state index contributed by atoms with van der Waals surface area (Å²) in [7, 11) is 0. The van der Waals surface area contributed by atoms with E-state index in [4.69, 9.17) is 0 Å². The Balaban J connectivity index is 3.48. The van der Waals surface area contributed by atoms with Crippen LogP contribution in [0.4, 0.5) is 0 Å². The summed E-state index contributed by atoms with van der Waals surface area (Å²) < 4.78 is 4.67. The normalized spacial score (nSPS) is 11.1. The molecule has 0 saturated heterocycles. The van der Waals surface area contributed by atoms with Gasteiger partial charge in [-0.1, -0.05) is 18.2 Å². The van der Waals surface area contributed by atoms with Gasteiger partial charge in [0, 0.05) is 6.08 Å². The molecule has 0 radical (unpaired) electrons. The van der Waals surface area contributed by atoms with Crippen molar-refractivity contribution < 1.29 is 9.53 Å². The number of allylic oxidation sites excluding steroid dienone is 3. The summed E-state index contributed by atoms with van der Waals surface area (Å²) in [5.74, 6) is -0.267. The third kappa shape index (κ3) is 6.84. The highest BCUT2D eigenvalue weighted by Gasteiger charge is 1.89. The van der Waals surface area contributed by atoms with Crippen LogP contribution in [0, 0.1) is 0 Å². The number of hydrogen-bond acceptors (Lipinski definition) is 2. The molecule has 0 unspecified atom stereocenters.